The Bertz CT molecular complexity index is 160. The lowest BCUT2D eigenvalue weighted by atomic mass is 10.1. The third kappa shape index (κ3) is 3.50. The number of nitrogens with two attached hydrogens (primary N) is 1. The molecule has 0 aromatic rings. The van der Waals surface area contributed by atoms with Crippen molar-refractivity contribution in [2.24, 2.45) is 5.73 Å². The average molecular weight is 209 g/mol. The zero-order valence-corrected chi connectivity index (χ0v) is 8.68. The van der Waals surface area contributed by atoms with Crippen LogP contribution in [-0.2, 0) is 9.53 Å². The zero-order valence-electron chi connectivity index (χ0n) is 7.86. The minimum atomic E-state index is -0.560. The van der Waals surface area contributed by atoms with Gasteiger partial charge in [0.15, 0.2) is 6.17 Å². The molecule has 1 rings (SSSR count). The third-order valence-electron chi connectivity index (χ3n) is 2.23. The maximum Gasteiger partial charge on any atom is 0.337 e. The Morgan fingerprint density at radius 3 is 2.38 bits per heavy atom. The minimum Gasteiger partial charge on any atom is -0.467 e. The van der Waals surface area contributed by atoms with E-state index in [-0.39, 0.29) is 18.4 Å². The van der Waals surface area contributed by atoms with Crippen molar-refractivity contribution in [3.05, 3.63) is 0 Å². The lowest BCUT2D eigenvalue weighted by Gasteiger charge is -2.29. The molecule has 0 radical (unpaired) electrons. The van der Waals surface area contributed by atoms with Crippen LogP contribution in [0.3, 0.4) is 0 Å². The highest BCUT2D eigenvalue weighted by Crippen LogP contribution is 2.10. The fraction of sp³-hybridized carbons (Fsp3) is 0.875. The van der Waals surface area contributed by atoms with Crippen molar-refractivity contribution in [3.8, 4) is 0 Å². The van der Waals surface area contributed by atoms with E-state index in [4.69, 9.17) is 5.73 Å². The van der Waals surface area contributed by atoms with Gasteiger partial charge in [0.1, 0.15) is 0 Å². The van der Waals surface area contributed by atoms with E-state index >= 15 is 0 Å². The van der Waals surface area contributed by atoms with Crippen LogP contribution < -0.4 is 5.73 Å². The number of methoxy groups -OCH3 is 1. The Hall–Kier alpha value is -0.320. The molecular formula is C8H17ClN2O2. The highest BCUT2D eigenvalue weighted by Gasteiger charge is 2.23. The monoisotopic (exact) mass is 208 g/mol. The van der Waals surface area contributed by atoms with Crippen LogP contribution >= 0.6 is 12.4 Å². The van der Waals surface area contributed by atoms with E-state index in [0.29, 0.717) is 0 Å². The summed E-state index contributed by atoms with van der Waals surface area (Å²) >= 11 is 0. The summed E-state index contributed by atoms with van der Waals surface area (Å²) in [6, 6.07) is 0. The van der Waals surface area contributed by atoms with Crippen LogP contribution in [0.5, 0.6) is 0 Å². The van der Waals surface area contributed by atoms with Gasteiger partial charge in [0.2, 0.25) is 0 Å². The smallest absolute Gasteiger partial charge is 0.337 e. The molecule has 2 N–H and O–H groups in total. The molecule has 4 nitrogen and oxygen atoms in total. The Balaban J connectivity index is 0.00000144. The second kappa shape index (κ2) is 6.18. The second-order valence-corrected chi connectivity index (χ2v) is 3.06. The first-order chi connectivity index (χ1) is 5.75. The SMILES string of the molecule is COC(=O)[C@@H](N)N1CCCCC1.Cl. The van der Waals surface area contributed by atoms with E-state index in [2.05, 4.69) is 4.74 Å². The van der Waals surface area contributed by atoms with Gasteiger partial charge in [-0.2, -0.15) is 0 Å². The predicted molar refractivity (Wildman–Crippen MR) is 52.7 cm³/mol. The Morgan fingerprint density at radius 1 is 1.38 bits per heavy atom. The summed E-state index contributed by atoms with van der Waals surface area (Å²) in [5.74, 6) is -0.336. The van der Waals surface area contributed by atoms with Crippen LogP contribution in [0.4, 0.5) is 0 Å². The van der Waals surface area contributed by atoms with Gasteiger partial charge in [0, 0.05) is 13.1 Å². The summed E-state index contributed by atoms with van der Waals surface area (Å²) in [5, 5.41) is 0. The quantitative estimate of drug-likeness (QED) is 0.666. The Kier molecular flexibility index (Phi) is 6.03. The molecule has 13 heavy (non-hydrogen) atoms. The summed E-state index contributed by atoms with van der Waals surface area (Å²) in [6.07, 6.45) is 2.94. The van der Waals surface area contributed by atoms with Crippen LogP contribution in [0.1, 0.15) is 19.3 Å². The highest BCUT2D eigenvalue weighted by atomic mass is 35.5. The van der Waals surface area contributed by atoms with Gasteiger partial charge in [-0.25, -0.2) is 4.79 Å². The van der Waals surface area contributed by atoms with Crippen molar-refractivity contribution >= 4 is 18.4 Å². The molecule has 0 saturated carbocycles. The van der Waals surface area contributed by atoms with E-state index in [9.17, 15) is 4.79 Å². The molecule has 0 spiro atoms. The Labute approximate surface area is 84.8 Å². The molecule has 0 bridgehead atoms. The van der Waals surface area contributed by atoms with Gasteiger partial charge >= 0.3 is 5.97 Å². The summed E-state index contributed by atoms with van der Waals surface area (Å²) in [4.78, 5) is 13.0. The lowest BCUT2D eigenvalue weighted by Crippen LogP contribution is -2.50. The van der Waals surface area contributed by atoms with Crippen molar-refractivity contribution in [1.82, 2.24) is 4.90 Å². The van der Waals surface area contributed by atoms with Crippen LogP contribution in [0.15, 0.2) is 0 Å². The van der Waals surface area contributed by atoms with E-state index < -0.39 is 6.17 Å². The summed E-state index contributed by atoms with van der Waals surface area (Å²) in [7, 11) is 1.37. The molecule has 1 atom stereocenters. The van der Waals surface area contributed by atoms with Gasteiger partial charge in [0.05, 0.1) is 7.11 Å². The van der Waals surface area contributed by atoms with Crippen LogP contribution in [0, 0.1) is 0 Å². The molecule has 0 aromatic carbocycles. The van der Waals surface area contributed by atoms with Gasteiger partial charge in [-0.15, -0.1) is 12.4 Å². The number of esters is 1. The molecule has 0 unspecified atom stereocenters. The maximum absolute atomic E-state index is 11.0. The first-order valence-electron chi connectivity index (χ1n) is 4.33. The molecule has 1 aliphatic rings. The van der Waals surface area contributed by atoms with Crippen molar-refractivity contribution in [2.45, 2.75) is 25.4 Å². The van der Waals surface area contributed by atoms with E-state index in [1.807, 2.05) is 4.90 Å². The Morgan fingerprint density at radius 2 is 1.92 bits per heavy atom. The number of hydrogen-bond donors (Lipinski definition) is 1. The summed E-state index contributed by atoms with van der Waals surface area (Å²) < 4.78 is 4.56. The van der Waals surface area contributed by atoms with E-state index in [1.165, 1.54) is 13.5 Å². The van der Waals surface area contributed by atoms with E-state index in [1.54, 1.807) is 0 Å². The molecule has 78 valence electrons. The second-order valence-electron chi connectivity index (χ2n) is 3.06. The predicted octanol–water partition coefficient (Wildman–Crippen LogP) is 0.352. The number of halogens is 1. The topological polar surface area (TPSA) is 55.6 Å². The van der Waals surface area contributed by atoms with Gasteiger partial charge in [-0.05, 0) is 12.8 Å². The van der Waals surface area contributed by atoms with Crippen molar-refractivity contribution in [3.63, 3.8) is 0 Å². The summed E-state index contributed by atoms with van der Waals surface area (Å²) in [6.45, 7) is 1.83. The molecule has 0 amide bonds. The van der Waals surface area contributed by atoms with Crippen LogP contribution in [0.2, 0.25) is 0 Å². The maximum atomic E-state index is 11.0. The van der Waals surface area contributed by atoms with E-state index in [0.717, 1.165) is 25.9 Å². The first kappa shape index (κ1) is 12.7. The van der Waals surface area contributed by atoms with Gasteiger partial charge < -0.3 is 10.5 Å². The molecule has 0 aromatic heterocycles. The molecule has 1 heterocycles. The zero-order chi connectivity index (χ0) is 8.97. The first-order valence-corrected chi connectivity index (χ1v) is 4.33. The van der Waals surface area contributed by atoms with Crippen LogP contribution in [0.25, 0.3) is 0 Å². The fourth-order valence-electron chi connectivity index (χ4n) is 1.47. The van der Waals surface area contributed by atoms with Gasteiger partial charge in [-0.1, -0.05) is 6.42 Å². The number of piperidine rings is 1. The number of nitrogens with zero attached hydrogens (tertiary/aromatic N) is 1. The number of rotatable bonds is 2. The molecule has 1 saturated heterocycles. The van der Waals surface area contributed by atoms with Crippen molar-refractivity contribution in [2.75, 3.05) is 20.2 Å². The normalized spacial score (nSPS) is 20.2. The highest BCUT2D eigenvalue weighted by molar-refractivity contribution is 5.85. The lowest BCUT2D eigenvalue weighted by molar-refractivity contribution is -0.147. The molecule has 1 aliphatic heterocycles. The standard InChI is InChI=1S/C8H16N2O2.ClH/c1-12-8(11)7(9)10-5-3-2-4-6-10;/h7H,2-6,9H2,1H3;1H/t7-;/m0./s1. The summed E-state index contributed by atoms with van der Waals surface area (Å²) in [5.41, 5.74) is 5.65. The van der Waals surface area contributed by atoms with Gasteiger partial charge in [-0.3, -0.25) is 4.90 Å². The number of ether oxygens (including phenoxy) is 1. The average Bonchev–Trinajstić information content (AvgIpc) is 2.17. The molecule has 5 heteroatoms. The third-order valence-corrected chi connectivity index (χ3v) is 2.23. The van der Waals surface area contributed by atoms with Crippen LogP contribution in [-0.4, -0.2) is 37.2 Å². The fourth-order valence-corrected chi connectivity index (χ4v) is 1.47. The number of carbonyl (C=O) groups excluding carboxylic acids is 1. The number of likely N-dealkylation sites (tertiary alicyclic amines) is 1. The minimum absolute atomic E-state index is 0. The molecule has 1 fully saturated rings. The largest absolute Gasteiger partial charge is 0.467 e. The number of hydrogen-bond acceptors (Lipinski definition) is 4. The molecule has 0 aliphatic carbocycles. The number of carbonyl (C=O) groups is 1. The molecular weight excluding hydrogens is 192 g/mol. The van der Waals surface area contributed by atoms with Crippen molar-refractivity contribution < 1.29 is 9.53 Å². The van der Waals surface area contributed by atoms with Gasteiger partial charge in [0.25, 0.3) is 0 Å². The van der Waals surface area contributed by atoms with Crippen molar-refractivity contribution in [1.29, 1.82) is 0 Å².